The summed E-state index contributed by atoms with van der Waals surface area (Å²) in [6.07, 6.45) is 3.31. The van der Waals surface area contributed by atoms with Crippen LogP contribution < -0.4 is 5.73 Å². The van der Waals surface area contributed by atoms with Gasteiger partial charge in [0.25, 0.3) is 0 Å². The van der Waals surface area contributed by atoms with Crippen molar-refractivity contribution in [3.8, 4) is 0 Å². The molecule has 0 radical (unpaired) electrons. The van der Waals surface area contributed by atoms with Gasteiger partial charge in [0.05, 0.1) is 5.92 Å². The van der Waals surface area contributed by atoms with Crippen LogP contribution in [0.4, 0.5) is 0 Å². The molecule has 0 spiro atoms. The molecule has 5 nitrogen and oxygen atoms in total. The molecule has 20 heavy (non-hydrogen) atoms. The highest BCUT2D eigenvalue weighted by molar-refractivity contribution is 5.89. The lowest BCUT2D eigenvalue weighted by Gasteiger charge is -2.37. The largest absolute Gasteiger partial charge is 0.479 e. The molecule has 1 saturated heterocycles. The minimum atomic E-state index is -1.00. The van der Waals surface area contributed by atoms with Crippen LogP contribution in [-0.4, -0.2) is 40.5 Å². The van der Waals surface area contributed by atoms with E-state index in [0.717, 1.165) is 12.8 Å². The van der Waals surface area contributed by atoms with Gasteiger partial charge in [0.1, 0.15) is 5.54 Å². The number of hydrogen-bond acceptors (Lipinski definition) is 3. The maximum atomic E-state index is 12.7. The molecular weight excluding hydrogens is 256 g/mol. The van der Waals surface area contributed by atoms with Gasteiger partial charge in [0.2, 0.25) is 5.91 Å². The summed E-state index contributed by atoms with van der Waals surface area (Å²) in [5.74, 6) is -0.829. The first-order valence-corrected chi connectivity index (χ1v) is 7.64. The van der Waals surface area contributed by atoms with Crippen molar-refractivity contribution in [3.63, 3.8) is 0 Å². The zero-order valence-electron chi connectivity index (χ0n) is 12.9. The van der Waals surface area contributed by atoms with Crippen molar-refractivity contribution in [1.82, 2.24) is 4.90 Å². The molecule has 116 valence electrons. The van der Waals surface area contributed by atoms with E-state index in [1.165, 1.54) is 0 Å². The Labute approximate surface area is 121 Å². The van der Waals surface area contributed by atoms with E-state index in [4.69, 9.17) is 5.73 Å². The first-order chi connectivity index (χ1) is 9.39. The van der Waals surface area contributed by atoms with Gasteiger partial charge in [-0.2, -0.15) is 0 Å². The molecule has 1 aliphatic rings. The van der Waals surface area contributed by atoms with Crippen molar-refractivity contribution in [2.24, 2.45) is 17.6 Å². The van der Waals surface area contributed by atoms with Crippen molar-refractivity contribution in [3.05, 3.63) is 0 Å². The Hall–Kier alpha value is -1.10. The Morgan fingerprint density at radius 2 is 2.05 bits per heavy atom. The van der Waals surface area contributed by atoms with E-state index in [9.17, 15) is 14.7 Å². The first kappa shape index (κ1) is 17.0. The van der Waals surface area contributed by atoms with E-state index in [1.54, 1.807) is 4.90 Å². The molecule has 0 aliphatic carbocycles. The van der Waals surface area contributed by atoms with Gasteiger partial charge in [0.15, 0.2) is 0 Å². The van der Waals surface area contributed by atoms with E-state index >= 15 is 0 Å². The first-order valence-electron chi connectivity index (χ1n) is 7.64. The number of carboxylic acid groups (broad SMARTS) is 1. The molecule has 5 heteroatoms. The van der Waals surface area contributed by atoms with Gasteiger partial charge in [-0.05, 0) is 31.6 Å². The molecule has 0 saturated carbocycles. The van der Waals surface area contributed by atoms with Gasteiger partial charge in [0, 0.05) is 13.1 Å². The lowest BCUT2D eigenvalue weighted by Crippen LogP contribution is -2.55. The molecule has 0 aromatic heterocycles. The third-order valence-corrected chi connectivity index (χ3v) is 4.21. The van der Waals surface area contributed by atoms with Crippen LogP contribution in [0.2, 0.25) is 0 Å². The van der Waals surface area contributed by atoms with Crippen LogP contribution in [0.15, 0.2) is 0 Å². The van der Waals surface area contributed by atoms with Crippen LogP contribution in [0, 0.1) is 11.8 Å². The standard InChI is InChI=1S/C15H28N2O3/c1-4-6-15(14(19)20)7-5-8-17(15)13(18)12(10-16)9-11(2)3/h11-12H,4-10,16H2,1-3H3,(H,19,20). The lowest BCUT2D eigenvalue weighted by molar-refractivity contribution is -0.159. The van der Waals surface area contributed by atoms with Crippen LogP contribution >= 0.6 is 0 Å². The number of nitrogens with zero attached hydrogens (tertiary/aromatic N) is 1. The number of hydrogen-bond donors (Lipinski definition) is 2. The van der Waals surface area contributed by atoms with Gasteiger partial charge in [-0.15, -0.1) is 0 Å². The van der Waals surface area contributed by atoms with Crippen LogP contribution in [0.5, 0.6) is 0 Å². The van der Waals surface area contributed by atoms with Crippen LogP contribution in [0.25, 0.3) is 0 Å². The fourth-order valence-electron chi connectivity index (χ4n) is 3.29. The van der Waals surface area contributed by atoms with Crippen molar-refractivity contribution >= 4 is 11.9 Å². The van der Waals surface area contributed by atoms with Gasteiger partial charge in [-0.3, -0.25) is 4.79 Å². The average Bonchev–Trinajstić information content (AvgIpc) is 2.80. The summed E-state index contributed by atoms with van der Waals surface area (Å²) in [6, 6.07) is 0. The molecule has 0 aromatic carbocycles. The SMILES string of the molecule is CCCC1(C(=O)O)CCCN1C(=O)C(CN)CC(C)C. The van der Waals surface area contributed by atoms with Crippen LogP contribution in [0.1, 0.15) is 52.9 Å². The molecule has 1 rings (SSSR count). The van der Waals surface area contributed by atoms with Gasteiger partial charge >= 0.3 is 5.97 Å². The summed E-state index contributed by atoms with van der Waals surface area (Å²) in [4.78, 5) is 26.0. The Bertz CT molecular complexity index is 357. The van der Waals surface area contributed by atoms with Crippen molar-refractivity contribution in [2.45, 2.75) is 58.4 Å². The zero-order chi connectivity index (χ0) is 15.3. The summed E-state index contributed by atoms with van der Waals surface area (Å²) in [5, 5.41) is 9.63. The normalized spacial score (nSPS) is 24.1. The Kier molecular flexibility index (Phi) is 5.99. The number of carbonyl (C=O) groups excluding carboxylic acids is 1. The van der Waals surface area contributed by atoms with Gasteiger partial charge in [-0.1, -0.05) is 27.2 Å². The van der Waals surface area contributed by atoms with E-state index in [2.05, 4.69) is 13.8 Å². The molecule has 1 aliphatic heterocycles. The minimum Gasteiger partial charge on any atom is -0.479 e. The second-order valence-electron chi connectivity index (χ2n) is 6.24. The van der Waals surface area contributed by atoms with Gasteiger partial charge in [-0.25, -0.2) is 4.79 Å². The lowest BCUT2D eigenvalue weighted by atomic mass is 9.88. The predicted octanol–water partition coefficient (Wildman–Crippen LogP) is 1.85. The number of nitrogens with two attached hydrogens (primary N) is 1. The molecule has 1 amide bonds. The maximum absolute atomic E-state index is 12.7. The number of amides is 1. The summed E-state index contributed by atoms with van der Waals surface area (Å²) in [6.45, 7) is 6.89. The number of aliphatic carboxylic acids is 1. The summed E-state index contributed by atoms with van der Waals surface area (Å²) in [5.41, 5.74) is 4.73. The number of carboxylic acids is 1. The van der Waals surface area contributed by atoms with Crippen molar-refractivity contribution < 1.29 is 14.7 Å². The van der Waals surface area contributed by atoms with E-state index < -0.39 is 11.5 Å². The van der Waals surface area contributed by atoms with E-state index in [0.29, 0.717) is 31.7 Å². The second kappa shape index (κ2) is 7.07. The van der Waals surface area contributed by atoms with E-state index in [1.807, 2.05) is 6.92 Å². The highest BCUT2D eigenvalue weighted by atomic mass is 16.4. The smallest absolute Gasteiger partial charge is 0.329 e. The number of likely N-dealkylation sites (tertiary alicyclic amines) is 1. The Morgan fingerprint density at radius 3 is 2.50 bits per heavy atom. The summed E-state index contributed by atoms with van der Waals surface area (Å²) >= 11 is 0. The van der Waals surface area contributed by atoms with Crippen molar-refractivity contribution in [2.75, 3.05) is 13.1 Å². The second-order valence-corrected chi connectivity index (χ2v) is 6.24. The highest BCUT2D eigenvalue weighted by Gasteiger charge is 2.50. The van der Waals surface area contributed by atoms with Crippen LogP contribution in [-0.2, 0) is 9.59 Å². The molecule has 1 fully saturated rings. The van der Waals surface area contributed by atoms with Crippen molar-refractivity contribution in [1.29, 1.82) is 0 Å². The molecule has 3 N–H and O–H groups in total. The average molecular weight is 284 g/mol. The molecule has 0 aromatic rings. The maximum Gasteiger partial charge on any atom is 0.329 e. The third kappa shape index (κ3) is 3.32. The third-order valence-electron chi connectivity index (χ3n) is 4.21. The zero-order valence-corrected chi connectivity index (χ0v) is 12.9. The molecule has 1 heterocycles. The Balaban J connectivity index is 2.96. The fourth-order valence-corrected chi connectivity index (χ4v) is 3.29. The minimum absolute atomic E-state index is 0.0745. The van der Waals surface area contributed by atoms with Gasteiger partial charge < -0.3 is 15.7 Å². The summed E-state index contributed by atoms with van der Waals surface area (Å²) < 4.78 is 0. The highest BCUT2D eigenvalue weighted by Crippen LogP contribution is 2.35. The molecule has 2 atom stereocenters. The monoisotopic (exact) mass is 284 g/mol. The molecular formula is C15H28N2O3. The van der Waals surface area contributed by atoms with Crippen LogP contribution in [0.3, 0.4) is 0 Å². The fraction of sp³-hybridized carbons (Fsp3) is 0.867. The molecule has 0 bridgehead atoms. The summed E-state index contributed by atoms with van der Waals surface area (Å²) in [7, 11) is 0. The molecule has 2 unspecified atom stereocenters. The predicted molar refractivity (Wildman–Crippen MR) is 78.2 cm³/mol. The number of carbonyl (C=O) groups is 2. The quantitative estimate of drug-likeness (QED) is 0.747. The van der Waals surface area contributed by atoms with E-state index in [-0.39, 0.29) is 18.4 Å². The Morgan fingerprint density at radius 1 is 1.40 bits per heavy atom. The number of rotatable bonds is 7. The topological polar surface area (TPSA) is 83.6 Å².